The van der Waals surface area contributed by atoms with Crippen LogP contribution in [-0.2, 0) is 29.0 Å². The number of carbonyl (C=O) groups excluding carboxylic acids is 2. The van der Waals surface area contributed by atoms with Crippen LogP contribution in [-0.4, -0.2) is 29.3 Å². The molecule has 4 aromatic rings. The molecule has 0 aliphatic carbocycles. The van der Waals surface area contributed by atoms with Crippen LogP contribution in [0, 0.1) is 6.92 Å². The summed E-state index contributed by atoms with van der Waals surface area (Å²) in [4.78, 5) is 29.1. The Morgan fingerprint density at radius 3 is 2.32 bits per heavy atom. The zero-order valence-electron chi connectivity index (χ0n) is 21.8. The highest BCUT2D eigenvalue weighted by Crippen LogP contribution is 2.22. The van der Waals surface area contributed by atoms with Gasteiger partial charge in [0.25, 0.3) is 0 Å². The van der Waals surface area contributed by atoms with Crippen molar-refractivity contribution in [2.75, 3.05) is 6.54 Å². The molecule has 2 amide bonds. The van der Waals surface area contributed by atoms with Crippen molar-refractivity contribution in [3.63, 3.8) is 0 Å². The number of benzene rings is 4. The maximum absolute atomic E-state index is 13.9. The first-order valence-electron chi connectivity index (χ1n) is 13.2. The molecule has 1 atom stereocenters. The average Bonchev–Trinajstić information content (AvgIpc) is 2.93. The Labute approximate surface area is 220 Å². The smallest absolute Gasteiger partial charge is 0.243 e. The van der Waals surface area contributed by atoms with Gasteiger partial charge in [-0.3, -0.25) is 9.59 Å². The highest BCUT2D eigenvalue weighted by atomic mass is 16.2. The van der Waals surface area contributed by atoms with Crippen LogP contribution in [0.25, 0.3) is 10.8 Å². The summed E-state index contributed by atoms with van der Waals surface area (Å²) in [5.41, 5.74) is 4.35. The summed E-state index contributed by atoms with van der Waals surface area (Å²) in [6.45, 7) is 5.07. The van der Waals surface area contributed by atoms with Crippen molar-refractivity contribution < 1.29 is 9.59 Å². The first-order chi connectivity index (χ1) is 18.0. The zero-order valence-corrected chi connectivity index (χ0v) is 21.8. The third-order valence-electron chi connectivity index (χ3n) is 6.74. The number of fused-ring (bicyclic) bond motifs is 1. The van der Waals surface area contributed by atoms with E-state index in [0.717, 1.165) is 28.7 Å². The quantitative estimate of drug-likeness (QED) is 0.269. The molecule has 0 saturated heterocycles. The van der Waals surface area contributed by atoms with E-state index >= 15 is 0 Å². The van der Waals surface area contributed by atoms with Gasteiger partial charge in [0.1, 0.15) is 6.04 Å². The normalized spacial score (nSPS) is 11.7. The fourth-order valence-corrected chi connectivity index (χ4v) is 4.82. The van der Waals surface area contributed by atoms with Crippen LogP contribution in [0.3, 0.4) is 0 Å². The highest BCUT2D eigenvalue weighted by molar-refractivity contribution is 5.89. The predicted octanol–water partition coefficient (Wildman–Crippen LogP) is 6.25. The van der Waals surface area contributed by atoms with E-state index in [9.17, 15) is 9.59 Å². The summed E-state index contributed by atoms with van der Waals surface area (Å²) >= 11 is 0. The van der Waals surface area contributed by atoms with Crippen molar-refractivity contribution >= 4 is 22.6 Å². The third-order valence-corrected chi connectivity index (χ3v) is 6.74. The van der Waals surface area contributed by atoms with Gasteiger partial charge in [-0.2, -0.15) is 0 Å². The van der Waals surface area contributed by atoms with Crippen LogP contribution < -0.4 is 5.32 Å². The highest BCUT2D eigenvalue weighted by Gasteiger charge is 2.30. The molecule has 0 unspecified atom stereocenters. The molecule has 4 heteroatoms. The van der Waals surface area contributed by atoms with Gasteiger partial charge in [0.15, 0.2) is 0 Å². The van der Waals surface area contributed by atoms with Crippen LogP contribution in [0.4, 0.5) is 0 Å². The van der Waals surface area contributed by atoms with Crippen molar-refractivity contribution in [1.29, 1.82) is 0 Å². The number of hydrogen-bond donors (Lipinski definition) is 1. The molecule has 0 radical (unpaired) electrons. The molecule has 0 saturated carbocycles. The van der Waals surface area contributed by atoms with E-state index < -0.39 is 6.04 Å². The van der Waals surface area contributed by atoms with Gasteiger partial charge in [0, 0.05) is 25.9 Å². The van der Waals surface area contributed by atoms with Crippen LogP contribution in [0.15, 0.2) is 97.1 Å². The van der Waals surface area contributed by atoms with Crippen molar-refractivity contribution in [3.05, 3.63) is 119 Å². The average molecular weight is 493 g/mol. The molecular weight excluding hydrogens is 456 g/mol. The third kappa shape index (κ3) is 7.07. The standard InChI is InChI=1S/C33H36N2O2/c1-3-21-34-33(37)31(23-26-12-5-4-6-13-26)35(24-27-14-9-11-25(2)22-27)32(36)20-19-29-17-10-16-28-15-7-8-18-30(28)29/h4-18,22,31H,3,19-21,23-24H2,1-2H3,(H,34,37)/t31-/m0/s1. The molecule has 4 rings (SSSR count). The minimum Gasteiger partial charge on any atom is -0.354 e. The molecule has 0 fully saturated rings. The molecule has 0 spiro atoms. The van der Waals surface area contributed by atoms with E-state index in [2.05, 4.69) is 35.6 Å². The van der Waals surface area contributed by atoms with Gasteiger partial charge in [0.2, 0.25) is 11.8 Å². The van der Waals surface area contributed by atoms with Gasteiger partial charge in [-0.15, -0.1) is 0 Å². The zero-order chi connectivity index (χ0) is 26.0. The van der Waals surface area contributed by atoms with Crippen molar-refractivity contribution in [1.82, 2.24) is 10.2 Å². The summed E-state index contributed by atoms with van der Waals surface area (Å²) in [6, 6.07) is 32.0. The number of rotatable bonds is 11. The molecule has 37 heavy (non-hydrogen) atoms. The molecule has 1 N–H and O–H groups in total. The number of aryl methyl sites for hydroxylation is 2. The molecule has 4 nitrogen and oxygen atoms in total. The van der Waals surface area contributed by atoms with Crippen LogP contribution >= 0.6 is 0 Å². The van der Waals surface area contributed by atoms with Gasteiger partial charge in [-0.05, 0) is 47.2 Å². The lowest BCUT2D eigenvalue weighted by Gasteiger charge is -2.32. The first-order valence-corrected chi connectivity index (χ1v) is 13.2. The summed E-state index contributed by atoms with van der Waals surface area (Å²) in [5.74, 6) is -0.112. The van der Waals surface area contributed by atoms with E-state index in [-0.39, 0.29) is 11.8 Å². The SMILES string of the molecule is CCCNC(=O)[C@H](Cc1ccccc1)N(Cc1cccc(C)c1)C(=O)CCc1cccc2ccccc12. The lowest BCUT2D eigenvalue weighted by atomic mass is 9.99. The van der Waals surface area contributed by atoms with Crippen molar-refractivity contribution in [2.24, 2.45) is 0 Å². The van der Waals surface area contributed by atoms with Crippen molar-refractivity contribution in [3.8, 4) is 0 Å². The van der Waals surface area contributed by atoms with E-state index in [1.54, 1.807) is 4.90 Å². The van der Waals surface area contributed by atoms with Gasteiger partial charge in [0.05, 0.1) is 0 Å². The first kappa shape index (κ1) is 26.2. The van der Waals surface area contributed by atoms with E-state index in [0.29, 0.717) is 32.4 Å². The lowest BCUT2D eigenvalue weighted by molar-refractivity contribution is -0.141. The fraction of sp³-hybridized carbons (Fsp3) is 0.273. The molecular formula is C33H36N2O2. The number of hydrogen-bond acceptors (Lipinski definition) is 2. The Morgan fingerprint density at radius 1 is 0.838 bits per heavy atom. The Hall–Kier alpha value is -3.92. The minimum absolute atomic E-state index is 0.0120. The Morgan fingerprint density at radius 2 is 1.54 bits per heavy atom. The molecule has 0 aliphatic rings. The monoisotopic (exact) mass is 492 g/mol. The number of nitrogens with one attached hydrogen (secondary N) is 1. The van der Waals surface area contributed by atoms with E-state index in [4.69, 9.17) is 0 Å². The number of nitrogens with zero attached hydrogens (tertiary/aromatic N) is 1. The maximum atomic E-state index is 13.9. The van der Waals surface area contributed by atoms with Gasteiger partial charge in [-0.1, -0.05) is 110 Å². The molecule has 0 bridgehead atoms. The summed E-state index contributed by atoms with van der Waals surface area (Å²) in [5, 5.41) is 5.39. The molecule has 190 valence electrons. The molecule has 0 aliphatic heterocycles. The maximum Gasteiger partial charge on any atom is 0.243 e. The second kappa shape index (κ2) is 12.9. The molecule has 4 aromatic carbocycles. The van der Waals surface area contributed by atoms with Crippen LogP contribution in [0.2, 0.25) is 0 Å². The van der Waals surface area contributed by atoms with Gasteiger partial charge < -0.3 is 10.2 Å². The van der Waals surface area contributed by atoms with Crippen LogP contribution in [0.1, 0.15) is 42.0 Å². The Kier molecular flexibility index (Phi) is 9.09. The number of carbonyl (C=O) groups is 2. The van der Waals surface area contributed by atoms with Gasteiger partial charge >= 0.3 is 0 Å². The predicted molar refractivity (Wildman–Crippen MR) is 151 cm³/mol. The summed E-state index contributed by atoms with van der Waals surface area (Å²) in [6.07, 6.45) is 2.28. The topological polar surface area (TPSA) is 49.4 Å². The molecule has 0 heterocycles. The van der Waals surface area contributed by atoms with E-state index in [1.165, 1.54) is 10.8 Å². The van der Waals surface area contributed by atoms with Gasteiger partial charge in [-0.25, -0.2) is 0 Å². The second-order valence-electron chi connectivity index (χ2n) is 9.65. The second-order valence-corrected chi connectivity index (χ2v) is 9.65. The lowest BCUT2D eigenvalue weighted by Crippen LogP contribution is -2.50. The van der Waals surface area contributed by atoms with Crippen molar-refractivity contribution in [2.45, 2.75) is 52.1 Å². The Bertz CT molecular complexity index is 1330. The molecule has 0 aromatic heterocycles. The Balaban J connectivity index is 1.63. The van der Waals surface area contributed by atoms with Crippen LogP contribution in [0.5, 0.6) is 0 Å². The largest absolute Gasteiger partial charge is 0.354 e. The fourth-order valence-electron chi connectivity index (χ4n) is 4.82. The summed E-state index contributed by atoms with van der Waals surface area (Å²) in [7, 11) is 0. The minimum atomic E-state index is -0.588. The summed E-state index contributed by atoms with van der Waals surface area (Å²) < 4.78 is 0. The van der Waals surface area contributed by atoms with E-state index in [1.807, 2.05) is 80.6 Å². The number of amides is 2.